The lowest BCUT2D eigenvalue weighted by molar-refractivity contribution is 0.318. The fraction of sp³-hybridized carbons (Fsp3) is 0.583. The van der Waals surface area contributed by atoms with Crippen LogP contribution in [-0.2, 0) is 0 Å². The summed E-state index contributed by atoms with van der Waals surface area (Å²) in [5.41, 5.74) is 6.05. The lowest BCUT2D eigenvalue weighted by Gasteiger charge is -2.31. The van der Waals surface area contributed by atoms with E-state index in [0.717, 1.165) is 13.1 Å². The van der Waals surface area contributed by atoms with Crippen LogP contribution in [0.2, 0.25) is 0 Å². The maximum absolute atomic E-state index is 8.82. The molecule has 7 nitrogen and oxygen atoms in total. The first-order valence-electron chi connectivity index (χ1n) is 6.21. The molecule has 0 aliphatic carbocycles. The maximum Gasteiger partial charge on any atom is 0.192 e. The van der Waals surface area contributed by atoms with E-state index in [1.165, 1.54) is 6.20 Å². The summed E-state index contributed by atoms with van der Waals surface area (Å²) in [6.07, 6.45) is 3.13. The van der Waals surface area contributed by atoms with Gasteiger partial charge in [0, 0.05) is 31.5 Å². The molecule has 7 heteroatoms. The van der Waals surface area contributed by atoms with Gasteiger partial charge in [-0.15, -0.1) is 0 Å². The van der Waals surface area contributed by atoms with Crippen molar-refractivity contribution in [2.75, 3.05) is 32.1 Å². The minimum Gasteiger partial charge on any atom is -0.409 e. The number of hydrogen-bond donors (Lipinski definition) is 2. The first-order valence-corrected chi connectivity index (χ1v) is 6.21. The Bertz CT molecular complexity index is 434. The highest BCUT2D eigenvalue weighted by atomic mass is 16.4. The first kappa shape index (κ1) is 15.2. The highest BCUT2D eigenvalue weighted by Crippen LogP contribution is 2.17. The average molecular weight is 266 g/mol. The Morgan fingerprint density at radius 3 is 2.58 bits per heavy atom. The largest absolute Gasteiger partial charge is 0.409 e. The summed E-state index contributed by atoms with van der Waals surface area (Å²) < 4.78 is 0. The van der Waals surface area contributed by atoms with E-state index in [1.807, 2.05) is 21.0 Å². The van der Waals surface area contributed by atoms with E-state index in [1.54, 1.807) is 6.20 Å². The van der Waals surface area contributed by atoms with Gasteiger partial charge in [0.2, 0.25) is 0 Å². The quantitative estimate of drug-likeness (QED) is 0.334. The lowest BCUT2D eigenvalue weighted by atomic mass is 10.2. The van der Waals surface area contributed by atoms with Gasteiger partial charge < -0.3 is 20.7 Å². The van der Waals surface area contributed by atoms with Crippen molar-refractivity contribution < 1.29 is 5.21 Å². The fourth-order valence-electron chi connectivity index (χ4n) is 2.07. The molecule has 1 aromatic rings. The van der Waals surface area contributed by atoms with E-state index < -0.39 is 0 Å². The third kappa shape index (κ3) is 3.78. The van der Waals surface area contributed by atoms with E-state index in [0.29, 0.717) is 11.5 Å². The molecule has 106 valence electrons. The van der Waals surface area contributed by atoms with Crippen molar-refractivity contribution in [2.45, 2.75) is 19.9 Å². The molecule has 0 aromatic carbocycles. The number of oxime groups is 1. The number of aromatic nitrogens is 2. The molecular weight excluding hydrogens is 244 g/mol. The first-order chi connectivity index (χ1) is 9.01. The van der Waals surface area contributed by atoms with Gasteiger partial charge in [0.1, 0.15) is 0 Å². The summed E-state index contributed by atoms with van der Waals surface area (Å²) in [5.74, 6) is 0.605. The maximum atomic E-state index is 8.82. The number of likely N-dealkylation sites (N-methyl/N-ethyl adjacent to an activating group) is 2. The van der Waals surface area contributed by atoms with Gasteiger partial charge >= 0.3 is 0 Å². The number of amidine groups is 1. The van der Waals surface area contributed by atoms with Crippen LogP contribution < -0.4 is 10.6 Å². The third-order valence-corrected chi connectivity index (χ3v) is 2.80. The number of rotatable bonds is 6. The molecule has 1 rings (SSSR count). The molecule has 1 unspecified atom stereocenters. The predicted octanol–water partition coefficient (Wildman–Crippen LogP) is 0.348. The summed E-state index contributed by atoms with van der Waals surface area (Å²) in [7, 11) is 4.04. The van der Waals surface area contributed by atoms with E-state index in [-0.39, 0.29) is 11.9 Å². The number of nitrogens with two attached hydrogens (primary N) is 1. The molecule has 0 fully saturated rings. The van der Waals surface area contributed by atoms with Crippen LogP contribution in [0, 0.1) is 0 Å². The smallest absolute Gasteiger partial charge is 0.192 e. The SMILES string of the molecule is CCN(c1nccnc1C(N)=NO)C(C)CN(C)C. The summed E-state index contributed by atoms with van der Waals surface area (Å²) in [6, 6.07) is 0.238. The molecule has 19 heavy (non-hydrogen) atoms. The van der Waals surface area contributed by atoms with E-state index in [2.05, 4.69) is 31.8 Å². The third-order valence-electron chi connectivity index (χ3n) is 2.80. The van der Waals surface area contributed by atoms with Crippen LogP contribution in [0.3, 0.4) is 0 Å². The van der Waals surface area contributed by atoms with Gasteiger partial charge in [-0.2, -0.15) is 0 Å². The van der Waals surface area contributed by atoms with Crippen LogP contribution in [0.4, 0.5) is 5.82 Å². The zero-order valence-electron chi connectivity index (χ0n) is 11.9. The molecule has 0 bridgehead atoms. The second-order valence-corrected chi connectivity index (χ2v) is 4.61. The molecule has 1 atom stereocenters. The molecule has 1 aromatic heterocycles. The van der Waals surface area contributed by atoms with Crippen molar-refractivity contribution in [1.82, 2.24) is 14.9 Å². The summed E-state index contributed by atoms with van der Waals surface area (Å²) >= 11 is 0. The van der Waals surface area contributed by atoms with E-state index in [9.17, 15) is 0 Å². The molecule has 3 N–H and O–H groups in total. The standard InChI is InChI=1S/C12H22N6O/c1-5-18(9(2)8-17(3)4)12-10(11(13)16-19)14-6-7-15-12/h6-7,9,19H,5,8H2,1-4H3,(H2,13,16). The fourth-order valence-corrected chi connectivity index (χ4v) is 2.07. The Hall–Kier alpha value is -1.89. The van der Waals surface area contributed by atoms with Crippen LogP contribution in [0.1, 0.15) is 19.5 Å². The summed E-state index contributed by atoms with van der Waals surface area (Å²) in [5, 5.41) is 11.8. The lowest BCUT2D eigenvalue weighted by Crippen LogP contribution is -2.41. The van der Waals surface area contributed by atoms with E-state index >= 15 is 0 Å². The normalized spacial score (nSPS) is 13.6. The highest BCUT2D eigenvalue weighted by Gasteiger charge is 2.20. The van der Waals surface area contributed by atoms with Crippen LogP contribution in [0.25, 0.3) is 0 Å². The molecule has 0 radical (unpaired) electrons. The Kier molecular flexibility index (Phi) is 5.50. The summed E-state index contributed by atoms with van der Waals surface area (Å²) in [4.78, 5) is 12.7. The van der Waals surface area contributed by atoms with Gasteiger partial charge in [0.05, 0.1) is 0 Å². The molecule has 0 amide bonds. The zero-order chi connectivity index (χ0) is 14.4. The van der Waals surface area contributed by atoms with Gasteiger partial charge in [0.15, 0.2) is 17.3 Å². The van der Waals surface area contributed by atoms with Crippen LogP contribution in [0.5, 0.6) is 0 Å². The Balaban J connectivity index is 3.11. The minimum absolute atomic E-state index is 0.0291. The van der Waals surface area contributed by atoms with Gasteiger partial charge in [-0.1, -0.05) is 5.16 Å². The second kappa shape index (κ2) is 6.89. The number of nitrogens with zero attached hydrogens (tertiary/aromatic N) is 5. The Morgan fingerprint density at radius 1 is 1.42 bits per heavy atom. The molecule has 1 heterocycles. The van der Waals surface area contributed by atoms with Crippen LogP contribution >= 0.6 is 0 Å². The summed E-state index contributed by atoms with van der Waals surface area (Å²) in [6.45, 7) is 5.78. The molecule has 0 spiro atoms. The second-order valence-electron chi connectivity index (χ2n) is 4.61. The van der Waals surface area contributed by atoms with Gasteiger partial charge in [-0.25, -0.2) is 9.97 Å². The van der Waals surface area contributed by atoms with E-state index in [4.69, 9.17) is 10.9 Å². The van der Waals surface area contributed by atoms with Crippen LogP contribution in [0.15, 0.2) is 17.5 Å². The van der Waals surface area contributed by atoms with Crippen molar-refractivity contribution >= 4 is 11.7 Å². The highest BCUT2D eigenvalue weighted by molar-refractivity contribution is 5.99. The van der Waals surface area contributed by atoms with Crippen molar-refractivity contribution in [3.05, 3.63) is 18.1 Å². The topological polar surface area (TPSA) is 90.9 Å². The Labute approximate surface area is 113 Å². The molecular formula is C12H22N6O. The monoisotopic (exact) mass is 266 g/mol. The molecule has 0 aliphatic heterocycles. The van der Waals surface area contributed by atoms with Crippen molar-refractivity contribution in [1.29, 1.82) is 0 Å². The number of anilines is 1. The predicted molar refractivity (Wildman–Crippen MR) is 75.6 cm³/mol. The molecule has 0 saturated carbocycles. The number of hydrogen-bond acceptors (Lipinski definition) is 6. The van der Waals surface area contributed by atoms with Gasteiger partial charge in [-0.3, -0.25) is 0 Å². The molecule has 0 saturated heterocycles. The van der Waals surface area contributed by atoms with Crippen LogP contribution in [-0.4, -0.2) is 59.1 Å². The minimum atomic E-state index is -0.0291. The van der Waals surface area contributed by atoms with Gasteiger partial charge in [0.25, 0.3) is 0 Å². The van der Waals surface area contributed by atoms with Crippen molar-refractivity contribution in [3.8, 4) is 0 Å². The van der Waals surface area contributed by atoms with Crippen molar-refractivity contribution in [2.24, 2.45) is 10.9 Å². The zero-order valence-corrected chi connectivity index (χ0v) is 11.9. The average Bonchev–Trinajstić information content (AvgIpc) is 2.38. The molecule has 0 aliphatic rings. The van der Waals surface area contributed by atoms with Gasteiger partial charge in [-0.05, 0) is 27.9 Å². The van der Waals surface area contributed by atoms with Crippen molar-refractivity contribution in [3.63, 3.8) is 0 Å². The Morgan fingerprint density at radius 2 is 2.05 bits per heavy atom.